The molecule has 1 aromatic rings. The number of nitrogens with one attached hydrogen (secondary N) is 1. The minimum Gasteiger partial charge on any atom is -0.383 e. The van der Waals surface area contributed by atoms with Crippen LogP contribution in [0, 0.1) is 0 Å². The molecule has 102 valence electrons. The molecule has 1 rings (SSSR count). The molecule has 0 aliphatic rings. The van der Waals surface area contributed by atoms with E-state index in [1.54, 1.807) is 25.1 Å². The Morgan fingerprint density at radius 2 is 2.39 bits per heavy atom. The van der Waals surface area contributed by atoms with E-state index in [-0.39, 0.29) is 10.6 Å². The minimum absolute atomic E-state index is 0.175. The van der Waals surface area contributed by atoms with E-state index in [4.69, 9.17) is 16.3 Å². The van der Waals surface area contributed by atoms with Crippen LogP contribution < -0.4 is 10.9 Å². The highest BCUT2D eigenvalue weighted by atomic mass is 35.5. The van der Waals surface area contributed by atoms with Crippen LogP contribution in [0.3, 0.4) is 0 Å². The number of anilines is 1. The average molecular weight is 292 g/mol. The Balaban J connectivity index is 2.77. The van der Waals surface area contributed by atoms with Crippen molar-refractivity contribution in [1.29, 1.82) is 0 Å². The lowest BCUT2D eigenvalue weighted by atomic mass is 10.4. The van der Waals surface area contributed by atoms with Gasteiger partial charge in [0, 0.05) is 18.9 Å². The van der Waals surface area contributed by atoms with Crippen molar-refractivity contribution in [3.05, 3.63) is 21.6 Å². The fraction of sp³-hybridized carbons (Fsp3) is 0.636. The Morgan fingerprint density at radius 1 is 1.67 bits per heavy atom. The summed E-state index contributed by atoms with van der Waals surface area (Å²) in [5, 5.41) is 7.80. The highest BCUT2D eigenvalue weighted by Crippen LogP contribution is 2.16. The zero-order valence-electron chi connectivity index (χ0n) is 10.8. The molecule has 18 heavy (non-hydrogen) atoms. The summed E-state index contributed by atoms with van der Waals surface area (Å²) in [5.41, 5.74) is 0.284. The summed E-state index contributed by atoms with van der Waals surface area (Å²) in [5.74, 6) is 0. The normalized spacial score (nSPS) is 12.4. The van der Waals surface area contributed by atoms with Crippen LogP contribution in [0.15, 0.2) is 11.0 Å². The van der Waals surface area contributed by atoms with Crippen molar-refractivity contribution in [2.75, 3.05) is 31.8 Å². The van der Waals surface area contributed by atoms with E-state index in [0.29, 0.717) is 24.1 Å². The highest BCUT2D eigenvalue weighted by Gasteiger charge is 2.09. The van der Waals surface area contributed by atoms with Crippen LogP contribution in [0.5, 0.6) is 0 Å². The van der Waals surface area contributed by atoms with Gasteiger partial charge in [-0.25, -0.2) is 4.68 Å². The molecular weight excluding hydrogens is 274 g/mol. The van der Waals surface area contributed by atoms with Gasteiger partial charge in [-0.2, -0.15) is 16.9 Å². The second-order valence-electron chi connectivity index (χ2n) is 3.82. The Labute approximate surface area is 116 Å². The van der Waals surface area contributed by atoms with Gasteiger partial charge in [-0.05, 0) is 6.26 Å². The number of ether oxygens (including phenoxy) is 1. The topological polar surface area (TPSA) is 56.1 Å². The highest BCUT2D eigenvalue weighted by molar-refractivity contribution is 7.99. The standard InChI is InChI=1S/C11H18ClN3O2S/c1-8(18-3)6-13-9-7-14-15(4-5-17-2)11(16)10(9)12/h7-8,13H,4-6H2,1-3H3. The average Bonchev–Trinajstić information content (AvgIpc) is 2.39. The largest absolute Gasteiger partial charge is 0.383 e. The molecule has 1 N–H and O–H groups in total. The van der Waals surface area contributed by atoms with E-state index in [9.17, 15) is 4.79 Å². The zero-order valence-corrected chi connectivity index (χ0v) is 12.3. The van der Waals surface area contributed by atoms with Crippen LogP contribution >= 0.6 is 23.4 Å². The number of nitrogens with zero attached hydrogens (tertiary/aromatic N) is 2. The summed E-state index contributed by atoms with van der Waals surface area (Å²) in [6, 6.07) is 0. The predicted octanol–water partition coefficient (Wildman–Crippen LogP) is 1.71. The molecule has 0 fully saturated rings. The third-order valence-electron chi connectivity index (χ3n) is 2.47. The molecule has 1 heterocycles. The van der Waals surface area contributed by atoms with Crippen molar-refractivity contribution in [3.63, 3.8) is 0 Å². The SMILES string of the molecule is COCCn1ncc(NCC(C)SC)c(Cl)c1=O. The van der Waals surface area contributed by atoms with E-state index in [1.165, 1.54) is 4.68 Å². The molecular formula is C11H18ClN3O2S. The van der Waals surface area contributed by atoms with E-state index in [1.807, 2.05) is 6.26 Å². The van der Waals surface area contributed by atoms with Crippen LogP contribution in [0.1, 0.15) is 6.92 Å². The Kier molecular flexibility index (Phi) is 6.52. The first-order chi connectivity index (χ1) is 8.60. The Hall–Kier alpha value is -0.720. The molecule has 0 aliphatic carbocycles. The van der Waals surface area contributed by atoms with E-state index in [0.717, 1.165) is 6.54 Å². The van der Waals surface area contributed by atoms with Crippen molar-refractivity contribution in [2.45, 2.75) is 18.7 Å². The van der Waals surface area contributed by atoms with Gasteiger partial charge in [0.05, 0.1) is 25.0 Å². The third-order valence-corrected chi connectivity index (χ3v) is 3.81. The van der Waals surface area contributed by atoms with Gasteiger partial charge in [-0.15, -0.1) is 0 Å². The molecule has 1 aromatic heterocycles. The molecule has 0 saturated carbocycles. The zero-order chi connectivity index (χ0) is 13.5. The number of hydrogen-bond donors (Lipinski definition) is 1. The van der Waals surface area contributed by atoms with Gasteiger partial charge in [0.2, 0.25) is 0 Å². The van der Waals surface area contributed by atoms with Gasteiger partial charge in [0.25, 0.3) is 5.56 Å². The van der Waals surface area contributed by atoms with Crippen LogP contribution in [-0.4, -0.2) is 41.5 Å². The fourth-order valence-corrected chi connectivity index (χ4v) is 1.73. The lowest BCUT2D eigenvalue weighted by molar-refractivity contribution is 0.182. The fourth-order valence-electron chi connectivity index (χ4n) is 1.26. The van der Waals surface area contributed by atoms with Crippen molar-refractivity contribution >= 4 is 29.1 Å². The second kappa shape index (κ2) is 7.66. The van der Waals surface area contributed by atoms with Crippen LogP contribution in [-0.2, 0) is 11.3 Å². The van der Waals surface area contributed by atoms with E-state index < -0.39 is 0 Å². The summed E-state index contributed by atoms with van der Waals surface area (Å²) >= 11 is 7.76. The lowest BCUT2D eigenvalue weighted by Crippen LogP contribution is -2.26. The molecule has 0 bridgehead atoms. The molecule has 1 unspecified atom stereocenters. The molecule has 7 heteroatoms. The monoisotopic (exact) mass is 291 g/mol. The summed E-state index contributed by atoms with van der Waals surface area (Å²) in [4.78, 5) is 11.9. The second-order valence-corrected chi connectivity index (χ2v) is 5.47. The smallest absolute Gasteiger partial charge is 0.287 e. The number of rotatable bonds is 7. The van der Waals surface area contributed by atoms with Crippen molar-refractivity contribution in [2.24, 2.45) is 0 Å². The first kappa shape index (κ1) is 15.3. The first-order valence-electron chi connectivity index (χ1n) is 5.61. The summed E-state index contributed by atoms with van der Waals surface area (Å²) in [6.07, 6.45) is 3.61. The maximum atomic E-state index is 11.9. The quantitative estimate of drug-likeness (QED) is 0.829. The lowest BCUT2D eigenvalue weighted by Gasteiger charge is -2.12. The molecule has 0 saturated heterocycles. The molecule has 1 atom stereocenters. The number of thioether (sulfide) groups is 1. The van der Waals surface area contributed by atoms with Gasteiger partial charge >= 0.3 is 0 Å². The van der Waals surface area contributed by atoms with Crippen LogP contribution in [0.2, 0.25) is 5.02 Å². The first-order valence-corrected chi connectivity index (χ1v) is 7.28. The molecule has 0 spiro atoms. The number of methoxy groups -OCH3 is 1. The minimum atomic E-state index is -0.296. The van der Waals surface area contributed by atoms with Crippen LogP contribution in [0.4, 0.5) is 5.69 Å². The van der Waals surface area contributed by atoms with Gasteiger partial charge < -0.3 is 10.1 Å². The van der Waals surface area contributed by atoms with Gasteiger partial charge in [0.1, 0.15) is 5.02 Å². The maximum Gasteiger partial charge on any atom is 0.287 e. The summed E-state index contributed by atoms with van der Waals surface area (Å²) in [6.45, 7) is 3.67. The van der Waals surface area contributed by atoms with Gasteiger partial charge in [-0.1, -0.05) is 18.5 Å². The van der Waals surface area contributed by atoms with Gasteiger partial charge in [-0.3, -0.25) is 4.79 Å². The summed E-state index contributed by atoms with van der Waals surface area (Å²) < 4.78 is 6.20. The number of aromatic nitrogens is 2. The van der Waals surface area contributed by atoms with Crippen molar-refractivity contribution in [3.8, 4) is 0 Å². The van der Waals surface area contributed by atoms with E-state index in [2.05, 4.69) is 17.3 Å². The van der Waals surface area contributed by atoms with Crippen molar-refractivity contribution in [1.82, 2.24) is 9.78 Å². The molecule has 5 nitrogen and oxygen atoms in total. The molecule has 0 amide bonds. The van der Waals surface area contributed by atoms with Gasteiger partial charge in [0.15, 0.2) is 0 Å². The van der Waals surface area contributed by atoms with Crippen molar-refractivity contribution < 1.29 is 4.74 Å². The number of halogens is 1. The predicted molar refractivity (Wildman–Crippen MR) is 76.8 cm³/mol. The molecule has 0 aliphatic heterocycles. The third kappa shape index (κ3) is 4.19. The molecule has 0 radical (unpaired) electrons. The Bertz CT molecular complexity index is 439. The Morgan fingerprint density at radius 3 is 3.00 bits per heavy atom. The summed E-state index contributed by atoms with van der Waals surface area (Å²) in [7, 11) is 1.58. The molecule has 0 aromatic carbocycles. The van der Waals surface area contributed by atoms with Crippen LogP contribution in [0.25, 0.3) is 0 Å². The maximum absolute atomic E-state index is 11.9. The van der Waals surface area contributed by atoms with E-state index >= 15 is 0 Å². The number of hydrogen-bond acceptors (Lipinski definition) is 5.